The minimum Gasteiger partial charge on any atom is -0.456 e. The van der Waals surface area contributed by atoms with Gasteiger partial charge in [-0.1, -0.05) is 54.1 Å². The Morgan fingerprint density at radius 2 is 1.81 bits per heavy atom. The van der Waals surface area contributed by atoms with Crippen LogP contribution in [0.25, 0.3) is 0 Å². The molecule has 5 rings (SSSR count). The van der Waals surface area contributed by atoms with E-state index in [2.05, 4.69) is 10.3 Å². The van der Waals surface area contributed by atoms with Gasteiger partial charge in [0.15, 0.2) is 5.13 Å². The van der Waals surface area contributed by atoms with Crippen molar-refractivity contribution in [3.8, 4) is 0 Å². The topological polar surface area (TPSA) is 88.6 Å². The Morgan fingerprint density at radius 3 is 2.61 bits per heavy atom. The maximum atomic E-state index is 13.4. The molecule has 1 aliphatic rings. The second-order valence-electron chi connectivity index (χ2n) is 8.21. The van der Waals surface area contributed by atoms with Gasteiger partial charge in [-0.05, 0) is 47.9 Å². The zero-order chi connectivity index (χ0) is 25.1. The Kier molecular flexibility index (Phi) is 7.06. The molecule has 1 aliphatic heterocycles. The van der Waals surface area contributed by atoms with E-state index in [1.165, 1.54) is 33.8 Å². The van der Waals surface area contributed by atoms with Crippen LogP contribution in [0.1, 0.15) is 27.2 Å². The lowest BCUT2D eigenvalue weighted by molar-refractivity contribution is 0.0468. The molecule has 0 aliphatic carbocycles. The number of ether oxygens (including phenoxy) is 1. The second-order valence-corrected chi connectivity index (χ2v) is 11.4. The number of thiazole rings is 1. The van der Waals surface area contributed by atoms with Crippen LogP contribution in [-0.4, -0.2) is 30.2 Å². The summed E-state index contributed by atoms with van der Waals surface area (Å²) in [7, 11) is -3.91. The monoisotopic (exact) mass is 539 g/mol. The lowest BCUT2D eigenvalue weighted by Crippen LogP contribution is -2.36. The summed E-state index contributed by atoms with van der Waals surface area (Å²) in [5, 5.41) is 5.72. The van der Waals surface area contributed by atoms with Gasteiger partial charge in [0.2, 0.25) is 10.0 Å². The predicted molar refractivity (Wildman–Crippen MR) is 140 cm³/mol. The fourth-order valence-electron chi connectivity index (χ4n) is 3.94. The molecule has 10 heteroatoms. The van der Waals surface area contributed by atoms with Crippen molar-refractivity contribution in [3.63, 3.8) is 0 Å². The van der Waals surface area contributed by atoms with Gasteiger partial charge in [-0.3, -0.25) is 0 Å². The van der Waals surface area contributed by atoms with Gasteiger partial charge < -0.3 is 10.1 Å². The van der Waals surface area contributed by atoms with E-state index in [0.29, 0.717) is 23.8 Å². The lowest BCUT2D eigenvalue weighted by atomic mass is 10.0. The number of carbonyl (C=O) groups is 1. The molecule has 1 N–H and O–H groups in total. The molecule has 0 saturated carbocycles. The number of nitrogens with one attached hydrogen (secondary N) is 1. The summed E-state index contributed by atoms with van der Waals surface area (Å²) in [6, 6.07) is 21.5. The first-order valence-electron chi connectivity index (χ1n) is 11.2. The molecule has 36 heavy (non-hydrogen) atoms. The maximum Gasteiger partial charge on any atom is 0.338 e. The number of esters is 1. The van der Waals surface area contributed by atoms with Crippen LogP contribution < -0.4 is 5.32 Å². The smallest absolute Gasteiger partial charge is 0.338 e. The average molecular weight is 540 g/mol. The number of carbonyl (C=O) groups excluding carboxylic acids is 1. The van der Waals surface area contributed by atoms with Gasteiger partial charge in [-0.2, -0.15) is 4.31 Å². The summed E-state index contributed by atoms with van der Waals surface area (Å²) >= 11 is 7.67. The first kappa shape index (κ1) is 24.5. The maximum absolute atomic E-state index is 13.4. The van der Waals surface area contributed by atoms with Crippen molar-refractivity contribution in [1.82, 2.24) is 9.29 Å². The number of para-hydroxylation sites is 1. The molecule has 0 spiro atoms. The molecule has 0 radical (unpaired) electrons. The molecule has 2 heterocycles. The average Bonchev–Trinajstić information content (AvgIpc) is 3.35. The number of halogens is 1. The predicted octanol–water partition coefficient (Wildman–Crippen LogP) is 5.64. The summed E-state index contributed by atoms with van der Waals surface area (Å²) in [5.74, 6) is -0.655. The summed E-state index contributed by atoms with van der Waals surface area (Å²) in [6.45, 7) is 0.555. The Bertz CT molecular complexity index is 1510. The summed E-state index contributed by atoms with van der Waals surface area (Å²) in [6.07, 6.45) is 0.615. The van der Waals surface area contributed by atoms with E-state index in [4.69, 9.17) is 16.3 Å². The quantitative estimate of drug-likeness (QED) is 0.306. The molecule has 184 valence electrons. The lowest BCUT2D eigenvalue weighted by Gasteiger charge is -2.28. The first-order chi connectivity index (χ1) is 17.4. The highest BCUT2D eigenvalue weighted by atomic mass is 35.5. The van der Waals surface area contributed by atoms with Crippen molar-refractivity contribution in [2.75, 3.05) is 11.9 Å². The van der Waals surface area contributed by atoms with Crippen LogP contribution in [-0.2, 0) is 34.3 Å². The van der Waals surface area contributed by atoms with Crippen molar-refractivity contribution in [1.29, 1.82) is 0 Å². The van der Waals surface area contributed by atoms with E-state index in [9.17, 15) is 13.2 Å². The molecule has 1 aromatic heterocycles. The highest BCUT2D eigenvalue weighted by Crippen LogP contribution is 2.30. The summed E-state index contributed by atoms with van der Waals surface area (Å²) < 4.78 is 33.6. The molecule has 4 aromatic rings. The third kappa shape index (κ3) is 5.29. The van der Waals surface area contributed by atoms with Gasteiger partial charge in [-0.25, -0.2) is 18.2 Å². The Balaban J connectivity index is 1.27. The molecule has 0 amide bonds. The minimum atomic E-state index is -3.91. The molecule has 0 atom stereocenters. The van der Waals surface area contributed by atoms with Crippen LogP contribution in [0.4, 0.5) is 10.8 Å². The molecule has 7 nitrogen and oxygen atoms in total. The van der Waals surface area contributed by atoms with Crippen molar-refractivity contribution < 1.29 is 17.9 Å². The van der Waals surface area contributed by atoms with Crippen molar-refractivity contribution in [2.45, 2.75) is 24.5 Å². The number of rotatable bonds is 7. The Labute approximate surface area is 218 Å². The number of fused-ring (bicyclic) bond motifs is 1. The zero-order valence-electron chi connectivity index (χ0n) is 19.1. The number of hydrogen-bond acceptors (Lipinski definition) is 7. The highest BCUT2D eigenvalue weighted by Gasteiger charge is 2.30. The molecule has 3 aromatic carbocycles. The molecule has 0 unspecified atom stereocenters. The van der Waals surface area contributed by atoms with E-state index in [1.54, 1.807) is 5.38 Å². The normalized spacial score (nSPS) is 13.7. The molecule has 0 bridgehead atoms. The number of sulfonamides is 1. The van der Waals surface area contributed by atoms with Gasteiger partial charge >= 0.3 is 5.97 Å². The van der Waals surface area contributed by atoms with Crippen LogP contribution in [0.5, 0.6) is 0 Å². The number of benzene rings is 3. The van der Waals surface area contributed by atoms with Crippen LogP contribution >= 0.6 is 22.9 Å². The Morgan fingerprint density at radius 1 is 1.06 bits per heavy atom. The first-order valence-corrected chi connectivity index (χ1v) is 13.9. The fourth-order valence-corrected chi connectivity index (χ4v) is 6.57. The van der Waals surface area contributed by atoms with Gasteiger partial charge in [0.25, 0.3) is 0 Å². The minimum absolute atomic E-state index is 0.0422. The second kappa shape index (κ2) is 10.4. The van der Waals surface area contributed by atoms with Crippen LogP contribution in [0.15, 0.2) is 83.1 Å². The van der Waals surface area contributed by atoms with Gasteiger partial charge in [0, 0.05) is 24.2 Å². The summed E-state index contributed by atoms with van der Waals surface area (Å²) in [4.78, 5) is 17.1. The van der Waals surface area contributed by atoms with E-state index < -0.39 is 16.0 Å². The zero-order valence-corrected chi connectivity index (χ0v) is 21.4. The summed E-state index contributed by atoms with van der Waals surface area (Å²) in [5.41, 5.74) is 3.69. The number of hydrogen-bond donors (Lipinski definition) is 1. The number of anilines is 2. The van der Waals surface area contributed by atoms with Gasteiger partial charge in [0.05, 0.1) is 16.3 Å². The van der Waals surface area contributed by atoms with Crippen molar-refractivity contribution in [3.05, 3.63) is 106 Å². The molecule has 0 fully saturated rings. The third-order valence-electron chi connectivity index (χ3n) is 5.81. The number of nitrogens with zero attached hydrogens (tertiary/aromatic N) is 2. The molecular formula is C26H22ClN3O4S2. The fraction of sp³-hybridized carbons (Fsp3) is 0.154. The largest absolute Gasteiger partial charge is 0.456 e. The van der Waals surface area contributed by atoms with E-state index in [0.717, 1.165) is 16.8 Å². The van der Waals surface area contributed by atoms with Gasteiger partial charge in [-0.15, -0.1) is 11.3 Å². The highest BCUT2D eigenvalue weighted by molar-refractivity contribution is 7.89. The SMILES string of the molecule is O=C(OCc1csc(Nc2ccccc2)n1)c1ccc(Cl)c(S(=O)(=O)N2CCc3ccccc3C2)c1. The third-order valence-corrected chi connectivity index (χ3v) is 8.94. The van der Waals surface area contributed by atoms with Crippen LogP contribution in [0.2, 0.25) is 5.02 Å². The standard InChI is InChI=1S/C26H22ClN3O4S2/c27-23-11-10-19(14-24(23)36(32,33)30-13-12-18-6-4-5-7-20(18)15-30)25(31)34-16-22-17-35-26(29-22)28-21-8-2-1-3-9-21/h1-11,14,17H,12-13,15-16H2,(H,28,29). The molecular weight excluding hydrogens is 518 g/mol. The van der Waals surface area contributed by atoms with E-state index in [-0.39, 0.29) is 28.6 Å². The Hall–Kier alpha value is -3.24. The van der Waals surface area contributed by atoms with E-state index in [1.807, 2.05) is 54.6 Å². The van der Waals surface area contributed by atoms with Crippen LogP contribution in [0, 0.1) is 0 Å². The van der Waals surface area contributed by atoms with E-state index >= 15 is 0 Å². The number of aromatic nitrogens is 1. The molecule has 0 saturated heterocycles. The van der Waals surface area contributed by atoms with Crippen molar-refractivity contribution >= 4 is 49.7 Å². The van der Waals surface area contributed by atoms with Gasteiger partial charge in [0.1, 0.15) is 11.5 Å². The van der Waals surface area contributed by atoms with Crippen LogP contribution in [0.3, 0.4) is 0 Å². The van der Waals surface area contributed by atoms with Crippen molar-refractivity contribution in [2.24, 2.45) is 0 Å².